The molecule has 0 saturated carbocycles. The van der Waals surface area contributed by atoms with Gasteiger partial charge in [0.05, 0.1) is 4.92 Å². The molecular formula is C21H14FN3O4. The van der Waals surface area contributed by atoms with Crippen molar-refractivity contribution in [1.82, 2.24) is 10.1 Å². The predicted octanol–water partition coefficient (Wildman–Crippen LogP) is 5.03. The highest BCUT2D eigenvalue weighted by molar-refractivity contribution is 5.60. The Morgan fingerprint density at radius 3 is 2.48 bits per heavy atom. The lowest BCUT2D eigenvalue weighted by atomic mass is 10.1. The summed E-state index contributed by atoms with van der Waals surface area (Å²) < 4.78 is 24.1. The zero-order valence-corrected chi connectivity index (χ0v) is 15.0. The fraction of sp³-hybridized carbons (Fsp3) is 0.0476. The van der Waals surface area contributed by atoms with Gasteiger partial charge in [0.1, 0.15) is 18.2 Å². The lowest BCUT2D eigenvalue weighted by Gasteiger charge is -2.06. The molecule has 0 N–H and O–H groups in total. The molecule has 0 amide bonds. The third-order valence-corrected chi connectivity index (χ3v) is 4.16. The van der Waals surface area contributed by atoms with Crippen molar-refractivity contribution in [1.29, 1.82) is 0 Å². The molecule has 4 rings (SSSR count). The van der Waals surface area contributed by atoms with Crippen molar-refractivity contribution in [3.63, 3.8) is 0 Å². The summed E-state index contributed by atoms with van der Waals surface area (Å²) >= 11 is 0. The van der Waals surface area contributed by atoms with E-state index in [1.54, 1.807) is 24.3 Å². The SMILES string of the molecule is O=[N+]([O-])c1ccc(OCc2cccc(-c3nc(-c4ccc(F)cc4)no3)c2)cc1. The molecule has 1 heterocycles. The van der Waals surface area contributed by atoms with Gasteiger partial charge >= 0.3 is 0 Å². The topological polar surface area (TPSA) is 91.3 Å². The molecule has 0 aliphatic heterocycles. The fourth-order valence-electron chi connectivity index (χ4n) is 2.68. The Kier molecular flexibility index (Phi) is 4.98. The summed E-state index contributed by atoms with van der Waals surface area (Å²) in [6.45, 7) is 0.268. The van der Waals surface area contributed by atoms with Crippen LogP contribution in [0.3, 0.4) is 0 Å². The summed E-state index contributed by atoms with van der Waals surface area (Å²) in [6.07, 6.45) is 0. The van der Waals surface area contributed by atoms with Crippen LogP contribution in [0.4, 0.5) is 10.1 Å². The minimum absolute atomic E-state index is 0.00713. The van der Waals surface area contributed by atoms with Gasteiger partial charge in [-0.15, -0.1) is 0 Å². The zero-order chi connectivity index (χ0) is 20.2. The van der Waals surface area contributed by atoms with Crippen molar-refractivity contribution in [2.75, 3.05) is 0 Å². The van der Waals surface area contributed by atoms with Gasteiger partial charge < -0.3 is 9.26 Å². The Balaban J connectivity index is 1.47. The summed E-state index contributed by atoms with van der Waals surface area (Å²) in [5, 5.41) is 14.6. The molecule has 0 saturated heterocycles. The highest BCUT2D eigenvalue weighted by Gasteiger charge is 2.11. The van der Waals surface area contributed by atoms with Crippen molar-refractivity contribution >= 4 is 5.69 Å². The quantitative estimate of drug-likeness (QED) is 0.338. The number of hydrogen-bond acceptors (Lipinski definition) is 6. The monoisotopic (exact) mass is 391 g/mol. The molecule has 0 radical (unpaired) electrons. The normalized spacial score (nSPS) is 10.7. The van der Waals surface area contributed by atoms with E-state index in [0.29, 0.717) is 23.0 Å². The molecule has 0 atom stereocenters. The van der Waals surface area contributed by atoms with E-state index >= 15 is 0 Å². The van der Waals surface area contributed by atoms with Crippen molar-refractivity contribution in [3.8, 4) is 28.6 Å². The van der Waals surface area contributed by atoms with Gasteiger partial charge in [-0.2, -0.15) is 4.98 Å². The number of nitrogens with zero attached hydrogens (tertiary/aromatic N) is 3. The number of benzene rings is 3. The summed E-state index contributed by atoms with van der Waals surface area (Å²) in [5.74, 6) is 0.893. The first-order chi connectivity index (χ1) is 14.1. The van der Waals surface area contributed by atoms with Gasteiger partial charge in [-0.1, -0.05) is 17.3 Å². The second kappa shape index (κ2) is 7.89. The van der Waals surface area contributed by atoms with Crippen molar-refractivity contribution in [2.45, 2.75) is 6.61 Å². The van der Waals surface area contributed by atoms with Gasteiger partial charge in [0, 0.05) is 23.3 Å². The van der Waals surface area contributed by atoms with E-state index in [1.165, 1.54) is 24.3 Å². The highest BCUT2D eigenvalue weighted by Crippen LogP contribution is 2.24. The van der Waals surface area contributed by atoms with E-state index in [9.17, 15) is 14.5 Å². The lowest BCUT2D eigenvalue weighted by molar-refractivity contribution is -0.384. The number of hydrogen-bond donors (Lipinski definition) is 0. The Labute approximate surface area is 164 Å². The molecule has 0 bridgehead atoms. The average Bonchev–Trinajstić information content (AvgIpc) is 3.24. The largest absolute Gasteiger partial charge is 0.489 e. The summed E-state index contributed by atoms with van der Waals surface area (Å²) in [5.41, 5.74) is 2.24. The first-order valence-corrected chi connectivity index (χ1v) is 8.65. The molecule has 0 spiro atoms. The standard InChI is InChI=1S/C21H14FN3O4/c22-17-6-4-15(5-7-17)20-23-21(29-24-20)16-3-1-2-14(12-16)13-28-19-10-8-18(9-11-19)25(26)27/h1-12H,13H2. The Hall–Kier alpha value is -4.07. The molecule has 0 unspecified atom stereocenters. The predicted molar refractivity (Wildman–Crippen MR) is 103 cm³/mol. The first-order valence-electron chi connectivity index (χ1n) is 8.65. The van der Waals surface area contributed by atoms with E-state index in [1.807, 2.05) is 24.3 Å². The third-order valence-electron chi connectivity index (χ3n) is 4.16. The van der Waals surface area contributed by atoms with E-state index in [0.717, 1.165) is 11.1 Å². The number of rotatable bonds is 6. The number of nitro benzene ring substituents is 1. The maximum atomic E-state index is 13.1. The number of non-ortho nitro benzene ring substituents is 1. The molecule has 4 aromatic rings. The number of ether oxygens (including phenoxy) is 1. The van der Waals surface area contributed by atoms with Crippen molar-refractivity contribution in [2.24, 2.45) is 0 Å². The smallest absolute Gasteiger partial charge is 0.269 e. The van der Waals surface area contributed by atoms with Crippen molar-refractivity contribution in [3.05, 3.63) is 94.3 Å². The van der Waals surface area contributed by atoms with Crippen LogP contribution in [0.1, 0.15) is 5.56 Å². The Bertz CT molecular complexity index is 1140. The van der Waals surface area contributed by atoms with Gasteiger partial charge in [-0.3, -0.25) is 10.1 Å². The molecule has 8 heteroatoms. The lowest BCUT2D eigenvalue weighted by Crippen LogP contribution is -1.96. The molecule has 29 heavy (non-hydrogen) atoms. The fourth-order valence-corrected chi connectivity index (χ4v) is 2.68. The van der Waals surface area contributed by atoms with Crippen LogP contribution in [0, 0.1) is 15.9 Å². The maximum Gasteiger partial charge on any atom is 0.269 e. The molecular weight excluding hydrogens is 377 g/mol. The minimum Gasteiger partial charge on any atom is -0.489 e. The van der Waals surface area contributed by atoms with Crippen LogP contribution in [0.25, 0.3) is 22.8 Å². The van der Waals surface area contributed by atoms with Crippen LogP contribution in [0.2, 0.25) is 0 Å². The molecule has 144 valence electrons. The summed E-state index contributed by atoms with van der Waals surface area (Å²) in [4.78, 5) is 14.6. The van der Waals surface area contributed by atoms with Crippen molar-refractivity contribution < 1.29 is 18.6 Å². The van der Waals surface area contributed by atoms with Gasteiger partial charge in [0.15, 0.2) is 0 Å². The average molecular weight is 391 g/mol. The van der Waals surface area contributed by atoms with E-state index in [-0.39, 0.29) is 18.1 Å². The number of halogens is 1. The molecule has 0 aliphatic carbocycles. The van der Waals surface area contributed by atoms with Crippen LogP contribution < -0.4 is 4.74 Å². The van der Waals surface area contributed by atoms with Crippen LogP contribution in [-0.4, -0.2) is 15.1 Å². The highest BCUT2D eigenvalue weighted by atomic mass is 19.1. The molecule has 3 aromatic carbocycles. The summed E-state index contributed by atoms with van der Waals surface area (Å²) in [6, 6.07) is 19.1. The van der Waals surface area contributed by atoms with E-state index in [2.05, 4.69) is 10.1 Å². The molecule has 0 aliphatic rings. The van der Waals surface area contributed by atoms with Gasteiger partial charge in [-0.25, -0.2) is 4.39 Å². The number of nitro groups is 1. The van der Waals surface area contributed by atoms with Gasteiger partial charge in [-0.05, 0) is 54.1 Å². The second-order valence-electron chi connectivity index (χ2n) is 6.17. The third kappa shape index (κ3) is 4.27. The van der Waals surface area contributed by atoms with Crippen LogP contribution in [0.5, 0.6) is 5.75 Å². The molecule has 7 nitrogen and oxygen atoms in total. The minimum atomic E-state index is -0.460. The van der Waals surface area contributed by atoms with Gasteiger partial charge in [0.2, 0.25) is 5.82 Å². The van der Waals surface area contributed by atoms with Gasteiger partial charge in [0.25, 0.3) is 11.6 Å². The maximum absolute atomic E-state index is 13.1. The summed E-state index contributed by atoms with van der Waals surface area (Å²) in [7, 11) is 0. The number of aromatic nitrogens is 2. The van der Waals surface area contributed by atoms with Crippen LogP contribution in [-0.2, 0) is 6.61 Å². The molecule has 1 aromatic heterocycles. The van der Waals surface area contributed by atoms with E-state index in [4.69, 9.17) is 9.26 Å². The molecule has 0 fully saturated rings. The van der Waals surface area contributed by atoms with Crippen LogP contribution >= 0.6 is 0 Å². The second-order valence-corrected chi connectivity index (χ2v) is 6.17. The first kappa shape index (κ1) is 18.3. The zero-order valence-electron chi connectivity index (χ0n) is 15.0. The van der Waals surface area contributed by atoms with E-state index < -0.39 is 4.92 Å². The van der Waals surface area contributed by atoms with Crippen LogP contribution in [0.15, 0.2) is 77.3 Å². The Morgan fingerprint density at radius 1 is 1.00 bits per heavy atom. The Morgan fingerprint density at radius 2 is 1.76 bits per heavy atom.